The Kier molecular flexibility index (Phi) is 4.12. The number of halogens is 1. The van der Waals surface area contributed by atoms with E-state index < -0.39 is 0 Å². The minimum atomic E-state index is 0.0368. The quantitative estimate of drug-likeness (QED) is 0.858. The van der Waals surface area contributed by atoms with Gasteiger partial charge in [-0.3, -0.25) is 5.10 Å². The average molecular weight is 251 g/mol. The van der Waals surface area contributed by atoms with E-state index >= 15 is 0 Å². The van der Waals surface area contributed by atoms with Crippen molar-refractivity contribution < 1.29 is 0 Å². The molecule has 2 N–H and O–H groups in total. The van der Waals surface area contributed by atoms with Crippen molar-refractivity contribution in [3.8, 4) is 0 Å². The smallest absolute Gasteiger partial charge is 0.145 e. The minimum absolute atomic E-state index is 0.0368. The molecule has 0 saturated heterocycles. The lowest BCUT2D eigenvalue weighted by Crippen LogP contribution is -2.24. The number of H-pyrrole nitrogens is 1. The van der Waals surface area contributed by atoms with Crippen molar-refractivity contribution in [2.45, 2.75) is 19.4 Å². The molecule has 0 aliphatic heterocycles. The summed E-state index contributed by atoms with van der Waals surface area (Å²) in [6.45, 7) is 3.06. The SMILES string of the molecule is CCCNC(c1ccc(Cl)cc1)c1ncn[nH]1. The number of aromatic nitrogens is 3. The Balaban J connectivity index is 2.23. The highest BCUT2D eigenvalue weighted by molar-refractivity contribution is 6.30. The van der Waals surface area contributed by atoms with Gasteiger partial charge in [-0.05, 0) is 30.7 Å². The molecule has 90 valence electrons. The van der Waals surface area contributed by atoms with Gasteiger partial charge in [0.15, 0.2) is 0 Å². The number of nitrogens with zero attached hydrogens (tertiary/aromatic N) is 2. The molecule has 1 aromatic heterocycles. The molecule has 0 radical (unpaired) electrons. The Labute approximate surface area is 105 Å². The van der Waals surface area contributed by atoms with Crippen molar-refractivity contribution in [1.29, 1.82) is 0 Å². The molecular weight excluding hydrogens is 236 g/mol. The molecule has 2 aromatic rings. The van der Waals surface area contributed by atoms with Gasteiger partial charge in [-0.1, -0.05) is 30.7 Å². The molecular formula is C12H15ClN4. The van der Waals surface area contributed by atoms with Crippen LogP contribution in [0.4, 0.5) is 0 Å². The Morgan fingerprint density at radius 1 is 1.35 bits per heavy atom. The molecule has 1 heterocycles. The molecule has 0 aliphatic carbocycles. The first-order valence-corrected chi connectivity index (χ1v) is 6.03. The summed E-state index contributed by atoms with van der Waals surface area (Å²) in [4.78, 5) is 4.21. The molecule has 1 aromatic carbocycles. The van der Waals surface area contributed by atoms with Crippen LogP contribution in [0.2, 0.25) is 5.02 Å². The van der Waals surface area contributed by atoms with Crippen LogP contribution in [-0.2, 0) is 0 Å². The standard InChI is InChI=1S/C12H15ClN4/c1-2-7-14-11(12-15-8-16-17-12)9-3-5-10(13)6-4-9/h3-6,8,11,14H,2,7H2,1H3,(H,15,16,17). The predicted molar refractivity (Wildman–Crippen MR) is 68.0 cm³/mol. The molecule has 0 saturated carbocycles. The highest BCUT2D eigenvalue weighted by Gasteiger charge is 2.15. The summed E-state index contributed by atoms with van der Waals surface area (Å²) in [6.07, 6.45) is 2.59. The Hall–Kier alpha value is -1.39. The van der Waals surface area contributed by atoms with E-state index in [1.54, 1.807) is 0 Å². The number of hydrogen-bond acceptors (Lipinski definition) is 3. The van der Waals surface area contributed by atoms with Crippen molar-refractivity contribution in [3.05, 3.63) is 47.0 Å². The van der Waals surface area contributed by atoms with Gasteiger partial charge in [-0.2, -0.15) is 5.10 Å². The van der Waals surface area contributed by atoms with Crippen LogP contribution < -0.4 is 5.32 Å². The molecule has 2 rings (SSSR count). The second-order valence-corrected chi connectivity index (χ2v) is 4.25. The third-order valence-corrected chi connectivity index (χ3v) is 2.76. The van der Waals surface area contributed by atoms with Crippen LogP contribution in [0.1, 0.15) is 30.8 Å². The molecule has 17 heavy (non-hydrogen) atoms. The molecule has 0 fully saturated rings. The van der Waals surface area contributed by atoms with Crippen LogP contribution in [0, 0.1) is 0 Å². The lowest BCUT2D eigenvalue weighted by Gasteiger charge is -2.16. The first-order valence-electron chi connectivity index (χ1n) is 5.65. The van der Waals surface area contributed by atoms with Gasteiger partial charge in [0.2, 0.25) is 0 Å². The number of nitrogens with one attached hydrogen (secondary N) is 2. The summed E-state index contributed by atoms with van der Waals surface area (Å²) in [6, 6.07) is 7.80. The summed E-state index contributed by atoms with van der Waals surface area (Å²) >= 11 is 5.89. The van der Waals surface area contributed by atoms with Crippen LogP contribution in [-0.4, -0.2) is 21.7 Å². The lowest BCUT2D eigenvalue weighted by molar-refractivity contribution is 0.574. The van der Waals surface area contributed by atoms with E-state index in [1.165, 1.54) is 6.33 Å². The average Bonchev–Trinajstić information content (AvgIpc) is 2.85. The van der Waals surface area contributed by atoms with Crippen LogP contribution in [0.25, 0.3) is 0 Å². The first-order chi connectivity index (χ1) is 8.31. The van der Waals surface area contributed by atoms with E-state index in [0.717, 1.165) is 29.4 Å². The first kappa shape index (κ1) is 12.1. The van der Waals surface area contributed by atoms with E-state index in [-0.39, 0.29) is 6.04 Å². The van der Waals surface area contributed by atoms with E-state index in [4.69, 9.17) is 11.6 Å². The largest absolute Gasteiger partial charge is 0.304 e. The van der Waals surface area contributed by atoms with Crippen molar-refractivity contribution in [2.75, 3.05) is 6.54 Å². The Morgan fingerprint density at radius 3 is 2.71 bits per heavy atom. The van der Waals surface area contributed by atoms with Gasteiger partial charge in [0.1, 0.15) is 12.2 Å². The Bertz CT molecular complexity index is 438. The molecule has 4 nitrogen and oxygen atoms in total. The minimum Gasteiger partial charge on any atom is -0.304 e. The highest BCUT2D eigenvalue weighted by atomic mass is 35.5. The van der Waals surface area contributed by atoms with Gasteiger partial charge >= 0.3 is 0 Å². The molecule has 0 spiro atoms. The maximum atomic E-state index is 5.89. The fraction of sp³-hybridized carbons (Fsp3) is 0.333. The molecule has 0 amide bonds. The van der Waals surface area contributed by atoms with E-state index in [2.05, 4.69) is 27.4 Å². The summed E-state index contributed by atoms with van der Waals surface area (Å²) in [5.74, 6) is 0.820. The van der Waals surface area contributed by atoms with Gasteiger partial charge in [-0.15, -0.1) is 0 Å². The van der Waals surface area contributed by atoms with Crippen molar-refractivity contribution >= 4 is 11.6 Å². The maximum absolute atomic E-state index is 5.89. The highest BCUT2D eigenvalue weighted by Crippen LogP contribution is 2.20. The molecule has 1 atom stereocenters. The van der Waals surface area contributed by atoms with Crippen molar-refractivity contribution in [3.63, 3.8) is 0 Å². The zero-order valence-electron chi connectivity index (χ0n) is 9.65. The molecule has 0 bridgehead atoms. The monoisotopic (exact) mass is 250 g/mol. The van der Waals surface area contributed by atoms with E-state index in [0.29, 0.717) is 0 Å². The van der Waals surface area contributed by atoms with Gasteiger partial charge in [0, 0.05) is 5.02 Å². The van der Waals surface area contributed by atoms with E-state index in [9.17, 15) is 0 Å². The lowest BCUT2D eigenvalue weighted by atomic mass is 10.1. The van der Waals surface area contributed by atoms with Gasteiger partial charge in [0.05, 0.1) is 6.04 Å². The number of rotatable bonds is 5. The normalized spacial score (nSPS) is 12.6. The summed E-state index contributed by atoms with van der Waals surface area (Å²) in [5.41, 5.74) is 1.12. The van der Waals surface area contributed by atoms with Crippen molar-refractivity contribution in [2.24, 2.45) is 0 Å². The van der Waals surface area contributed by atoms with Gasteiger partial charge in [0.25, 0.3) is 0 Å². The van der Waals surface area contributed by atoms with Crippen LogP contribution in [0.5, 0.6) is 0 Å². The molecule has 0 aliphatic rings. The second kappa shape index (κ2) is 5.80. The van der Waals surface area contributed by atoms with Gasteiger partial charge < -0.3 is 5.32 Å². The summed E-state index contributed by atoms with van der Waals surface area (Å²) < 4.78 is 0. The third-order valence-electron chi connectivity index (χ3n) is 2.51. The second-order valence-electron chi connectivity index (χ2n) is 3.81. The number of benzene rings is 1. The zero-order valence-corrected chi connectivity index (χ0v) is 10.4. The fourth-order valence-electron chi connectivity index (χ4n) is 1.67. The van der Waals surface area contributed by atoms with Gasteiger partial charge in [-0.25, -0.2) is 4.98 Å². The fourth-order valence-corrected chi connectivity index (χ4v) is 1.80. The van der Waals surface area contributed by atoms with Crippen LogP contribution in [0.3, 0.4) is 0 Å². The summed E-state index contributed by atoms with van der Waals surface area (Å²) in [5, 5.41) is 11.0. The van der Waals surface area contributed by atoms with Crippen molar-refractivity contribution in [1.82, 2.24) is 20.5 Å². The summed E-state index contributed by atoms with van der Waals surface area (Å²) in [7, 11) is 0. The van der Waals surface area contributed by atoms with E-state index in [1.807, 2.05) is 24.3 Å². The number of aromatic amines is 1. The topological polar surface area (TPSA) is 53.6 Å². The predicted octanol–water partition coefficient (Wildman–Crippen LogP) is 2.55. The molecule has 5 heteroatoms. The zero-order chi connectivity index (χ0) is 12.1. The Morgan fingerprint density at radius 2 is 2.12 bits per heavy atom. The van der Waals surface area contributed by atoms with Crippen LogP contribution >= 0.6 is 11.6 Å². The third kappa shape index (κ3) is 3.05. The molecule has 1 unspecified atom stereocenters. The van der Waals surface area contributed by atoms with Crippen LogP contribution in [0.15, 0.2) is 30.6 Å². The maximum Gasteiger partial charge on any atom is 0.145 e. The number of hydrogen-bond donors (Lipinski definition) is 2.